The van der Waals surface area contributed by atoms with E-state index in [1.54, 1.807) is 42.4 Å². The van der Waals surface area contributed by atoms with Crippen molar-refractivity contribution in [2.45, 2.75) is 31.8 Å². The van der Waals surface area contributed by atoms with Crippen molar-refractivity contribution in [1.82, 2.24) is 14.9 Å². The lowest BCUT2D eigenvalue weighted by Gasteiger charge is -2.42. The summed E-state index contributed by atoms with van der Waals surface area (Å²) in [7, 11) is 1.73. The second kappa shape index (κ2) is 10.4. The van der Waals surface area contributed by atoms with Crippen LogP contribution in [0.3, 0.4) is 0 Å². The zero-order valence-electron chi connectivity index (χ0n) is 19.9. The van der Waals surface area contributed by atoms with E-state index >= 15 is 0 Å². The van der Waals surface area contributed by atoms with Gasteiger partial charge in [-0.3, -0.25) is 9.78 Å². The highest BCUT2D eigenvalue weighted by Gasteiger charge is 2.36. The quantitative estimate of drug-likeness (QED) is 0.495. The zero-order valence-corrected chi connectivity index (χ0v) is 19.9. The van der Waals surface area contributed by atoms with Gasteiger partial charge in [0, 0.05) is 37.6 Å². The van der Waals surface area contributed by atoms with Crippen molar-refractivity contribution in [2.24, 2.45) is 5.73 Å². The van der Waals surface area contributed by atoms with E-state index in [0.717, 1.165) is 41.8 Å². The number of β-amino-alcohol motifs (C(OH)–C–C–N with tert-alkyl or cyclic N) is 1. The number of fused-ring (bicyclic) bond motifs is 1. The first kappa shape index (κ1) is 23.9. The van der Waals surface area contributed by atoms with Crippen LogP contribution < -0.4 is 15.4 Å². The summed E-state index contributed by atoms with van der Waals surface area (Å²) >= 11 is 0. The molecule has 0 saturated carbocycles. The molecule has 1 amide bonds. The molecule has 8 nitrogen and oxygen atoms in total. The van der Waals surface area contributed by atoms with Crippen LogP contribution in [-0.2, 0) is 0 Å². The Morgan fingerprint density at radius 1 is 1.24 bits per heavy atom. The molecule has 34 heavy (non-hydrogen) atoms. The Bertz CT molecular complexity index is 1140. The highest BCUT2D eigenvalue weighted by molar-refractivity contribution is 5.94. The van der Waals surface area contributed by atoms with Crippen LogP contribution in [-0.4, -0.2) is 71.3 Å². The third-order valence-corrected chi connectivity index (χ3v) is 6.19. The lowest BCUT2D eigenvalue weighted by Crippen LogP contribution is -2.54. The van der Waals surface area contributed by atoms with Gasteiger partial charge in [-0.2, -0.15) is 0 Å². The molecule has 3 heterocycles. The number of likely N-dealkylation sites (N-methyl/N-ethyl adjacent to an activating group) is 1. The zero-order chi connectivity index (χ0) is 24.1. The van der Waals surface area contributed by atoms with Gasteiger partial charge in [0.25, 0.3) is 5.91 Å². The number of anilines is 1. The number of aryl methyl sites for hydroxylation is 1. The molecule has 1 fully saturated rings. The second-order valence-electron chi connectivity index (χ2n) is 9.08. The van der Waals surface area contributed by atoms with Gasteiger partial charge in [0.05, 0.1) is 30.0 Å². The number of nitrogens with two attached hydrogens (primary N) is 1. The smallest absolute Gasteiger partial charge is 0.253 e. The van der Waals surface area contributed by atoms with Gasteiger partial charge < -0.3 is 25.4 Å². The third-order valence-electron chi connectivity index (χ3n) is 6.19. The first-order valence-electron chi connectivity index (χ1n) is 11.8. The number of hydrogen-bond acceptors (Lipinski definition) is 7. The van der Waals surface area contributed by atoms with E-state index in [1.165, 1.54) is 0 Å². The fraction of sp³-hybridized carbons (Fsp3) is 0.423. The number of rotatable bonds is 8. The van der Waals surface area contributed by atoms with Gasteiger partial charge in [0.2, 0.25) is 0 Å². The molecule has 0 unspecified atom stereocenters. The van der Waals surface area contributed by atoms with Crippen molar-refractivity contribution in [1.29, 1.82) is 0 Å². The Hall–Kier alpha value is -3.23. The average molecular weight is 464 g/mol. The summed E-state index contributed by atoms with van der Waals surface area (Å²) in [5.41, 5.74) is 8.59. The molecule has 4 rings (SSSR count). The summed E-state index contributed by atoms with van der Waals surface area (Å²) in [6.07, 6.45) is 4.01. The predicted molar refractivity (Wildman–Crippen MR) is 133 cm³/mol. The van der Waals surface area contributed by atoms with E-state index in [9.17, 15) is 9.90 Å². The molecular formula is C26H33N5O3. The van der Waals surface area contributed by atoms with E-state index in [-0.39, 0.29) is 12.5 Å². The number of ether oxygens (including phenoxy) is 1. The number of carbonyl (C=O) groups is 1. The molecular weight excluding hydrogens is 430 g/mol. The largest absolute Gasteiger partial charge is 0.494 e. The summed E-state index contributed by atoms with van der Waals surface area (Å²) in [6.45, 7) is 4.58. The number of piperidine rings is 1. The van der Waals surface area contributed by atoms with Crippen molar-refractivity contribution in [3.63, 3.8) is 0 Å². The molecule has 0 spiro atoms. The Balaban J connectivity index is 1.44. The van der Waals surface area contributed by atoms with Crippen molar-refractivity contribution < 1.29 is 14.6 Å². The Kier molecular flexibility index (Phi) is 7.29. The number of pyridine rings is 2. The van der Waals surface area contributed by atoms with Crippen LogP contribution in [0.4, 0.5) is 5.69 Å². The maximum absolute atomic E-state index is 13.0. The third kappa shape index (κ3) is 5.46. The van der Waals surface area contributed by atoms with E-state index < -0.39 is 5.60 Å². The van der Waals surface area contributed by atoms with Gasteiger partial charge in [-0.25, -0.2) is 4.98 Å². The van der Waals surface area contributed by atoms with Crippen LogP contribution in [0.1, 0.15) is 35.3 Å². The molecule has 1 saturated heterocycles. The van der Waals surface area contributed by atoms with Crippen LogP contribution in [0.15, 0.2) is 48.7 Å². The van der Waals surface area contributed by atoms with E-state index in [4.69, 9.17) is 15.5 Å². The normalized spacial score (nSPS) is 18.2. The molecule has 3 N–H and O–H groups in total. The van der Waals surface area contributed by atoms with Gasteiger partial charge in [0.1, 0.15) is 11.3 Å². The predicted octanol–water partition coefficient (Wildman–Crippen LogP) is 2.77. The van der Waals surface area contributed by atoms with Gasteiger partial charge in [0.15, 0.2) is 0 Å². The van der Waals surface area contributed by atoms with Crippen molar-refractivity contribution in [3.8, 4) is 5.75 Å². The minimum absolute atomic E-state index is 0.134. The van der Waals surface area contributed by atoms with Crippen LogP contribution in [0.25, 0.3) is 11.0 Å². The van der Waals surface area contributed by atoms with Crippen molar-refractivity contribution in [3.05, 3.63) is 59.9 Å². The maximum atomic E-state index is 13.0. The molecule has 8 heteroatoms. The first-order chi connectivity index (χ1) is 16.4. The molecule has 1 atom stereocenters. The molecule has 0 radical (unpaired) electrons. The van der Waals surface area contributed by atoms with Crippen LogP contribution in [0.2, 0.25) is 0 Å². The Morgan fingerprint density at radius 2 is 2.03 bits per heavy atom. The summed E-state index contributed by atoms with van der Waals surface area (Å²) in [6, 6.07) is 13.0. The van der Waals surface area contributed by atoms with Gasteiger partial charge >= 0.3 is 0 Å². The number of nitrogens with zero attached hydrogens (tertiary/aromatic N) is 4. The average Bonchev–Trinajstić information content (AvgIpc) is 2.83. The highest BCUT2D eigenvalue weighted by Crippen LogP contribution is 2.31. The SMILES string of the molecule is Cc1ccc2nccc(N3CCC[C@](O)(CN(C)C(=O)c4ccc(OCCCN)cc4)C3)c2n1. The molecule has 1 aromatic carbocycles. The molecule has 1 aliphatic heterocycles. The molecule has 180 valence electrons. The fourth-order valence-electron chi connectivity index (χ4n) is 4.51. The van der Waals surface area contributed by atoms with Crippen molar-refractivity contribution >= 4 is 22.6 Å². The highest BCUT2D eigenvalue weighted by atomic mass is 16.5. The first-order valence-corrected chi connectivity index (χ1v) is 11.8. The Morgan fingerprint density at radius 3 is 2.79 bits per heavy atom. The second-order valence-corrected chi connectivity index (χ2v) is 9.08. The lowest BCUT2D eigenvalue weighted by molar-refractivity contribution is 0.0000607. The van der Waals surface area contributed by atoms with Gasteiger partial charge in [-0.05, 0) is 75.2 Å². The molecule has 0 aliphatic carbocycles. The molecule has 2 aromatic heterocycles. The number of carbonyl (C=O) groups excluding carboxylic acids is 1. The van der Waals surface area contributed by atoms with Crippen LogP contribution in [0.5, 0.6) is 5.75 Å². The summed E-state index contributed by atoms with van der Waals surface area (Å²) in [5, 5.41) is 11.5. The minimum atomic E-state index is -1.02. The van der Waals surface area contributed by atoms with Crippen LogP contribution >= 0.6 is 0 Å². The number of aliphatic hydroxyl groups is 1. The number of aromatic nitrogens is 2. The monoisotopic (exact) mass is 463 g/mol. The minimum Gasteiger partial charge on any atom is -0.494 e. The number of benzene rings is 1. The van der Waals surface area contributed by atoms with E-state index in [2.05, 4.69) is 9.88 Å². The standard InChI is InChI=1S/C26H33N5O3/c1-19-5-10-22-24(29-19)23(11-14-28-22)31-15-3-12-26(33,18-31)17-30(2)25(32)20-6-8-21(9-7-20)34-16-4-13-27/h5-11,14,33H,3-4,12-13,15-18,27H2,1-2H3/t26-/m0/s1. The molecule has 0 bridgehead atoms. The summed E-state index contributed by atoms with van der Waals surface area (Å²) in [5.74, 6) is 0.577. The number of hydrogen-bond donors (Lipinski definition) is 2. The summed E-state index contributed by atoms with van der Waals surface area (Å²) < 4.78 is 5.61. The molecule has 1 aliphatic rings. The van der Waals surface area contributed by atoms with E-state index in [0.29, 0.717) is 37.4 Å². The maximum Gasteiger partial charge on any atom is 0.253 e. The number of amides is 1. The Labute approximate surface area is 200 Å². The van der Waals surface area contributed by atoms with E-state index in [1.807, 2.05) is 25.1 Å². The lowest BCUT2D eigenvalue weighted by atomic mass is 9.91. The topological polar surface area (TPSA) is 105 Å². The fourth-order valence-corrected chi connectivity index (χ4v) is 4.51. The van der Waals surface area contributed by atoms with Crippen molar-refractivity contribution in [2.75, 3.05) is 44.7 Å². The van der Waals surface area contributed by atoms with Gasteiger partial charge in [-0.15, -0.1) is 0 Å². The van der Waals surface area contributed by atoms with Crippen LogP contribution in [0, 0.1) is 6.92 Å². The van der Waals surface area contributed by atoms with Gasteiger partial charge in [-0.1, -0.05) is 0 Å². The molecule has 3 aromatic rings. The summed E-state index contributed by atoms with van der Waals surface area (Å²) in [4.78, 5) is 25.9.